The maximum atomic E-state index is 12.6. The Hall–Kier alpha value is -2.63. The van der Waals surface area contributed by atoms with E-state index in [2.05, 4.69) is 27.9 Å². The SMILES string of the molecule is Cc1cccc2[nH]c(CCN(C)C(=O)C(C)n3ccnc3C)nc12. The van der Waals surface area contributed by atoms with E-state index < -0.39 is 0 Å². The second-order valence-corrected chi connectivity index (χ2v) is 6.22. The Morgan fingerprint density at radius 1 is 1.38 bits per heavy atom. The second kappa shape index (κ2) is 6.47. The van der Waals surface area contributed by atoms with Gasteiger partial charge in [-0.3, -0.25) is 4.79 Å². The minimum Gasteiger partial charge on any atom is -0.344 e. The number of nitrogens with zero attached hydrogens (tertiary/aromatic N) is 4. The van der Waals surface area contributed by atoms with Crippen molar-refractivity contribution in [3.8, 4) is 0 Å². The maximum absolute atomic E-state index is 12.6. The lowest BCUT2D eigenvalue weighted by atomic mass is 10.2. The molecule has 0 saturated carbocycles. The third-order valence-corrected chi connectivity index (χ3v) is 4.46. The molecule has 1 amide bonds. The van der Waals surface area contributed by atoms with Crippen molar-refractivity contribution < 1.29 is 4.79 Å². The molecule has 3 rings (SSSR count). The minimum atomic E-state index is -0.254. The largest absolute Gasteiger partial charge is 0.344 e. The van der Waals surface area contributed by atoms with Crippen molar-refractivity contribution in [3.63, 3.8) is 0 Å². The maximum Gasteiger partial charge on any atom is 0.245 e. The molecule has 1 atom stereocenters. The van der Waals surface area contributed by atoms with E-state index in [4.69, 9.17) is 0 Å². The molecule has 0 aliphatic rings. The van der Waals surface area contributed by atoms with E-state index in [1.807, 2.05) is 43.8 Å². The van der Waals surface area contributed by atoms with Gasteiger partial charge in [0.15, 0.2) is 0 Å². The van der Waals surface area contributed by atoms with Gasteiger partial charge in [-0.05, 0) is 32.4 Å². The Balaban J connectivity index is 1.66. The van der Waals surface area contributed by atoms with Crippen LogP contribution in [0.3, 0.4) is 0 Å². The number of nitrogens with one attached hydrogen (secondary N) is 1. The smallest absolute Gasteiger partial charge is 0.245 e. The number of carbonyl (C=O) groups excluding carboxylic acids is 1. The van der Waals surface area contributed by atoms with Crippen LogP contribution < -0.4 is 0 Å². The first-order valence-corrected chi connectivity index (χ1v) is 8.16. The molecular weight excluding hydrogens is 302 g/mol. The molecule has 0 bridgehead atoms. The summed E-state index contributed by atoms with van der Waals surface area (Å²) < 4.78 is 1.89. The predicted octanol–water partition coefficient (Wildman–Crippen LogP) is 2.64. The molecule has 6 nitrogen and oxygen atoms in total. The average Bonchev–Trinajstić information content (AvgIpc) is 3.18. The van der Waals surface area contributed by atoms with E-state index in [-0.39, 0.29) is 11.9 Å². The molecule has 24 heavy (non-hydrogen) atoms. The molecule has 6 heteroatoms. The number of fused-ring (bicyclic) bond motifs is 1. The normalized spacial score (nSPS) is 12.5. The predicted molar refractivity (Wildman–Crippen MR) is 93.8 cm³/mol. The van der Waals surface area contributed by atoms with Crippen LogP contribution in [0.4, 0.5) is 0 Å². The number of rotatable bonds is 5. The number of carbonyl (C=O) groups is 1. The average molecular weight is 325 g/mol. The van der Waals surface area contributed by atoms with Crippen molar-refractivity contribution in [1.29, 1.82) is 0 Å². The van der Waals surface area contributed by atoms with Crippen LogP contribution in [-0.2, 0) is 11.2 Å². The number of aromatic nitrogens is 4. The lowest BCUT2D eigenvalue weighted by Gasteiger charge is -2.22. The van der Waals surface area contributed by atoms with E-state index >= 15 is 0 Å². The highest BCUT2D eigenvalue weighted by molar-refractivity contribution is 5.80. The number of hydrogen-bond acceptors (Lipinski definition) is 3. The van der Waals surface area contributed by atoms with Crippen LogP contribution in [0.1, 0.15) is 30.2 Å². The molecule has 0 fully saturated rings. The van der Waals surface area contributed by atoms with Gasteiger partial charge in [-0.15, -0.1) is 0 Å². The molecule has 0 saturated heterocycles. The van der Waals surface area contributed by atoms with E-state index in [1.54, 1.807) is 11.1 Å². The van der Waals surface area contributed by atoms with Crippen molar-refractivity contribution >= 4 is 16.9 Å². The third kappa shape index (κ3) is 3.04. The lowest BCUT2D eigenvalue weighted by Crippen LogP contribution is -2.34. The summed E-state index contributed by atoms with van der Waals surface area (Å²) in [5.41, 5.74) is 3.20. The summed E-state index contributed by atoms with van der Waals surface area (Å²) in [6.07, 6.45) is 4.26. The van der Waals surface area contributed by atoms with Crippen LogP contribution in [-0.4, -0.2) is 43.9 Å². The molecule has 1 N–H and O–H groups in total. The molecule has 126 valence electrons. The van der Waals surface area contributed by atoms with Crippen LogP contribution in [0, 0.1) is 13.8 Å². The highest BCUT2D eigenvalue weighted by atomic mass is 16.2. The van der Waals surface area contributed by atoms with Gasteiger partial charge in [0.2, 0.25) is 5.91 Å². The zero-order valence-corrected chi connectivity index (χ0v) is 14.6. The van der Waals surface area contributed by atoms with Gasteiger partial charge < -0.3 is 14.5 Å². The summed E-state index contributed by atoms with van der Waals surface area (Å²) in [7, 11) is 1.83. The van der Waals surface area contributed by atoms with Crippen LogP contribution in [0.2, 0.25) is 0 Å². The van der Waals surface area contributed by atoms with Crippen LogP contribution in [0.25, 0.3) is 11.0 Å². The summed E-state index contributed by atoms with van der Waals surface area (Å²) in [6.45, 7) is 6.48. The Morgan fingerprint density at radius 2 is 2.17 bits per heavy atom. The number of aromatic amines is 1. The van der Waals surface area contributed by atoms with Gasteiger partial charge in [-0.25, -0.2) is 9.97 Å². The highest BCUT2D eigenvalue weighted by Gasteiger charge is 2.20. The van der Waals surface area contributed by atoms with Crippen molar-refractivity contribution in [1.82, 2.24) is 24.4 Å². The number of amides is 1. The number of benzene rings is 1. The summed E-state index contributed by atoms with van der Waals surface area (Å²) in [5.74, 6) is 1.82. The molecule has 3 aromatic rings. The Morgan fingerprint density at radius 3 is 2.83 bits per heavy atom. The summed E-state index contributed by atoms with van der Waals surface area (Å²) in [5, 5.41) is 0. The number of likely N-dealkylation sites (N-methyl/N-ethyl adjacent to an activating group) is 1. The highest BCUT2D eigenvalue weighted by Crippen LogP contribution is 2.16. The quantitative estimate of drug-likeness (QED) is 0.784. The number of H-pyrrole nitrogens is 1. The molecule has 2 aromatic heterocycles. The molecule has 1 unspecified atom stereocenters. The molecular formula is C18H23N5O. The fourth-order valence-corrected chi connectivity index (χ4v) is 2.96. The first-order chi connectivity index (χ1) is 11.5. The number of hydrogen-bond donors (Lipinski definition) is 1. The molecule has 0 radical (unpaired) electrons. The molecule has 0 spiro atoms. The fourth-order valence-electron chi connectivity index (χ4n) is 2.96. The topological polar surface area (TPSA) is 66.8 Å². The first-order valence-electron chi connectivity index (χ1n) is 8.16. The minimum absolute atomic E-state index is 0.0726. The zero-order chi connectivity index (χ0) is 17.3. The van der Waals surface area contributed by atoms with E-state index in [1.165, 1.54) is 0 Å². The number of imidazole rings is 2. The summed E-state index contributed by atoms with van der Waals surface area (Å²) >= 11 is 0. The van der Waals surface area contributed by atoms with E-state index in [0.29, 0.717) is 13.0 Å². The van der Waals surface area contributed by atoms with Gasteiger partial charge in [0.05, 0.1) is 11.0 Å². The summed E-state index contributed by atoms with van der Waals surface area (Å²) in [6, 6.07) is 5.84. The molecule has 0 aliphatic carbocycles. The monoisotopic (exact) mass is 325 g/mol. The van der Waals surface area contributed by atoms with Crippen molar-refractivity contribution in [3.05, 3.63) is 47.8 Å². The lowest BCUT2D eigenvalue weighted by molar-refractivity contribution is -0.133. The number of para-hydroxylation sites is 1. The van der Waals surface area contributed by atoms with Crippen molar-refractivity contribution in [2.45, 2.75) is 33.2 Å². The van der Waals surface area contributed by atoms with E-state index in [0.717, 1.165) is 28.2 Å². The fraction of sp³-hybridized carbons (Fsp3) is 0.389. The second-order valence-electron chi connectivity index (χ2n) is 6.22. The standard InChI is InChI=1S/C18H23N5O/c1-12-6-5-7-15-17(12)21-16(20-15)8-10-22(4)18(24)13(2)23-11-9-19-14(23)3/h5-7,9,11,13H,8,10H2,1-4H3,(H,20,21). The van der Waals surface area contributed by atoms with Crippen LogP contribution >= 0.6 is 0 Å². The molecule has 1 aromatic carbocycles. The van der Waals surface area contributed by atoms with Gasteiger partial charge in [-0.2, -0.15) is 0 Å². The van der Waals surface area contributed by atoms with Crippen molar-refractivity contribution in [2.24, 2.45) is 0 Å². The molecule has 0 aliphatic heterocycles. The van der Waals surface area contributed by atoms with Gasteiger partial charge in [-0.1, -0.05) is 12.1 Å². The van der Waals surface area contributed by atoms with Gasteiger partial charge in [0.25, 0.3) is 0 Å². The van der Waals surface area contributed by atoms with Crippen molar-refractivity contribution in [2.75, 3.05) is 13.6 Å². The van der Waals surface area contributed by atoms with Crippen LogP contribution in [0.15, 0.2) is 30.6 Å². The third-order valence-electron chi connectivity index (χ3n) is 4.46. The Bertz CT molecular complexity index is 863. The summed E-state index contributed by atoms with van der Waals surface area (Å²) in [4.78, 5) is 26.5. The Labute approximate surface area is 141 Å². The van der Waals surface area contributed by atoms with E-state index in [9.17, 15) is 4.79 Å². The first kappa shape index (κ1) is 16.2. The molecule has 2 heterocycles. The number of aryl methyl sites for hydroxylation is 2. The van der Waals surface area contributed by atoms with Crippen LogP contribution in [0.5, 0.6) is 0 Å². The van der Waals surface area contributed by atoms with Gasteiger partial charge in [0.1, 0.15) is 17.7 Å². The van der Waals surface area contributed by atoms with Gasteiger partial charge >= 0.3 is 0 Å². The Kier molecular flexibility index (Phi) is 4.38. The van der Waals surface area contributed by atoms with Gasteiger partial charge in [0, 0.05) is 32.4 Å². The zero-order valence-electron chi connectivity index (χ0n) is 14.6.